The third-order valence-electron chi connectivity index (χ3n) is 5.47. The average molecular weight is 348 g/mol. The molecule has 0 aliphatic carbocycles. The van der Waals surface area contributed by atoms with Crippen LogP contribution in [0.1, 0.15) is 58.9 Å². The zero-order chi connectivity index (χ0) is 18.7. The molecule has 0 spiro atoms. The van der Waals surface area contributed by atoms with Gasteiger partial charge in [0, 0.05) is 6.54 Å². The molecule has 1 fully saturated rings. The van der Waals surface area contributed by atoms with E-state index >= 15 is 0 Å². The Balaban J connectivity index is 1.86. The first-order chi connectivity index (χ1) is 11.6. The van der Waals surface area contributed by atoms with Gasteiger partial charge < -0.3 is 14.7 Å². The number of nitrogens with zero attached hydrogens (tertiary/aromatic N) is 1. The van der Waals surface area contributed by atoms with Crippen molar-refractivity contribution < 1.29 is 14.2 Å². The molecule has 1 atom stereocenters. The number of hydrogen-bond acceptors (Lipinski definition) is 3. The maximum Gasteiger partial charge on any atom is 0.330 e. The Kier molecular flexibility index (Phi) is 6.69. The van der Waals surface area contributed by atoms with Gasteiger partial charge in [0.05, 0.1) is 11.2 Å². The van der Waals surface area contributed by atoms with E-state index in [2.05, 4.69) is 29.2 Å². The lowest BCUT2D eigenvalue weighted by molar-refractivity contribution is -0.0893. The van der Waals surface area contributed by atoms with Crippen molar-refractivity contribution in [2.45, 2.75) is 70.8 Å². The van der Waals surface area contributed by atoms with Crippen LogP contribution in [-0.4, -0.2) is 54.5 Å². The van der Waals surface area contributed by atoms with Crippen molar-refractivity contribution >= 4 is 12.9 Å². The highest BCUT2D eigenvalue weighted by atomic mass is 19.1. The molecule has 1 heterocycles. The first kappa shape index (κ1) is 20.4. The smallest absolute Gasteiger partial charge is 0.330 e. The lowest BCUT2D eigenvalue weighted by Gasteiger charge is -2.37. The van der Waals surface area contributed by atoms with Crippen LogP contribution in [0.5, 0.6) is 0 Å². The quantitative estimate of drug-likeness (QED) is 0.769. The molecule has 0 saturated carbocycles. The highest BCUT2D eigenvalue weighted by molar-refractivity contribution is 6.47. The van der Waals surface area contributed by atoms with Gasteiger partial charge >= 0.3 is 7.48 Å². The molecule has 1 aliphatic rings. The number of piperidine rings is 1. The number of alkyl halides is 1. The summed E-state index contributed by atoms with van der Waals surface area (Å²) in [6.07, 6.45) is 1.41. The van der Waals surface area contributed by atoms with Crippen LogP contribution in [-0.2, 0) is 4.65 Å². The van der Waals surface area contributed by atoms with Crippen molar-refractivity contribution in [3.63, 3.8) is 0 Å². The first-order valence-electron chi connectivity index (χ1n) is 9.28. The fourth-order valence-electron chi connectivity index (χ4n) is 3.01. The van der Waals surface area contributed by atoms with Crippen molar-refractivity contribution in [3.05, 3.63) is 29.8 Å². The molecule has 0 aromatic heterocycles. The SMILES string of the molecule is CC(F)CN1CCC(c2ccc([B]OC(C)(C)C(C)(C)O)cc2)CC1. The minimum absolute atomic E-state index is 0.550. The van der Waals surface area contributed by atoms with Crippen molar-refractivity contribution in [3.8, 4) is 0 Å². The number of halogens is 1. The number of likely N-dealkylation sites (tertiary alicyclic amines) is 1. The van der Waals surface area contributed by atoms with E-state index in [0.29, 0.717) is 12.5 Å². The summed E-state index contributed by atoms with van der Waals surface area (Å²) in [6.45, 7) is 11.4. The normalized spacial score (nSPS) is 19.0. The van der Waals surface area contributed by atoms with Crippen LogP contribution < -0.4 is 5.46 Å². The molecular formula is C20H32BFNO2. The van der Waals surface area contributed by atoms with Crippen molar-refractivity contribution in [2.24, 2.45) is 0 Å². The fraction of sp³-hybridized carbons (Fsp3) is 0.700. The van der Waals surface area contributed by atoms with Gasteiger partial charge in [-0.3, -0.25) is 0 Å². The van der Waals surface area contributed by atoms with E-state index in [-0.39, 0.29) is 0 Å². The molecule has 25 heavy (non-hydrogen) atoms. The second kappa shape index (κ2) is 8.19. The lowest BCUT2D eigenvalue weighted by Crippen LogP contribution is -2.49. The molecule has 5 heteroatoms. The van der Waals surface area contributed by atoms with E-state index in [9.17, 15) is 9.50 Å². The molecule has 3 nitrogen and oxygen atoms in total. The largest absolute Gasteiger partial charge is 0.427 e. The molecule has 1 saturated heterocycles. The van der Waals surface area contributed by atoms with Crippen LogP contribution in [0.4, 0.5) is 4.39 Å². The Morgan fingerprint density at radius 3 is 2.24 bits per heavy atom. The summed E-state index contributed by atoms with van der Waals surface area (Å²) in [6, 6.07) is 8.44. The van der Waals surface area contributed by atoms with Gasteiger partial charge in [-0.2, -0.15) is 0 Å². The van der Waals surface area contributed by atoms with Crippen molar-refractivity contribution in [1.29, 1.82) is 0 Å². The zero-order valence-electron chi connectivity index (χ0n) is 16.3. The van der Waals surface area contributed by atoms with Gasteiger partial charge in [-0.05, 0) is 72.0 Å². The van der Waals surface area contributed by atoms with E-state index < -0.39 is 17.4 Å². The number of rotatable bonds is 7. The average Bonchev–Trinajstić information content (AvgIpc) is 2.53. The summed E-state index contributed by atoms with van der Waals surface area (Å²) in [5, 5.41) is 10.1. The van der Waals surface area contributed by atoms with E-state index in [1.54, 1.807) is 28.3 Å². The van der Waals surface area contributed by atoms with Gasteiger partial charge in [0.15, 0.2) is 0 Å². The van der Waals surface area contributed by atoms with Crippen LogP contribution in [0, 0.1) is 0 Å². The molecule has 139 valence electrons. The van der Waals surface area contributed by atoms with Crippen LogP contribution in [0.25, 0.3) is 0 Å². The third-order valence-corrected chi connectivity index (χ3v) is 5.47. The van der Waals surface area contributed by atoms with Crippen molar-refractivity contribution in [1.82, 2.24) is 4.90 Å². The summed E-state index contributed by atoms with van der Waals surface area (Å²) >= 11 is 0. The van der Waals surface area contributed by atoms with Gasteiger partial charge in [-0.25, -0.2) is 4.39 Å². The Morgan fingerprint density at radius 2 is 1.76 bits per heavy atom. The predicted octanol–water partition coefficient (Wildman–Crippen LogP) is 3.03. The fourth-order valence-corrected chi connectivity index (χ4v) is 3.01. The van der Waals surface area contributed by atoms with E-state index in [0.717, 1.165) is 31.4 Å². The summed E-state index contributed by atoms with van der Waals surface area (Å²) in [4.78, 5) is 2.22. The number of aliphatic hydroxyl groups is 1. The molecule has 1 radical (unpaired) electrons. The zero-order valence-corrected chi connectivity index (χ0v) is 16.3. The molecule has 1 aromatic carbocycles. The third kappa shape index (κ3) is 5.80. The molecule has 1 unspecified atom stereocenters. The van der Waals surface area contributed by atoms with Crippen LogP contribution in [0.15, 0.2) is 24.3 Å². The van der Waals surface area contributed by atoms with Gasteiger partial charge in [-0.15, -0.1) is 0 Å². The Morgan fingerprint density at radius 1 is 1.20 bits per heavy atom. The highest BCUT2D eigenvalue weighted by Crippen LogP contribution is 2.28. The Bertz CT molecular complexity index is 532. The standard InChI is InChI=1S/C20H32BFNO2/c1-15(22)14-23-12-10-17(11-13-23)16-6-8-18(9-7-16)21-25-20(4,5)19(2,3)24/h6-9,15,17,24H,10-14H2,1-5H3. The van der Waals surface area contributed by atoms with Crippen LogP contribution in [0.3, 0.4) is 0 Å². The highest BCUT2D eigenvalue weighted by Gasteiger charge is 2.35. The van der Waals surface area contributed by atoms with Gasteiger partial charge in [-0.1, -0.05) is 29.7 Å². The second-order valence-electron chi connectivity index (χ2n) is 8.33. The molecule has 2 rings (SSSR count). The molecule has 0 amide bonds. The second-order valence-corrected chi connectivity index (χ2v) is 8.33. The predicted molar refractivity (Wildman–Crippen MR) is 102 cm³/mol. The lowest BCUT2D eigenvalue weighted by atomic mass is 9.81. The maximum atomic E-state index is 13.1. The molecule has 1 aliphatic heterocycles. The summed E-state index contributed by atoms with van der Waals surface area (Å²) < 4.78 is 18.9. The minimum atomic E-state index is -0.922. The van der Waals surface area contributed by atoms with Gasteiger partial charge in [0.25, 0.3) is 0 Å². The van der Waals surface area contributed by atoms with Gasteiger partial charge in [0.1, 0.15) is 6.17 Å². The Labute approximate surface area is 152 Å². The van der Waals surface area contributed by atoms with Crippen LogP contribution >= 0.6 is 0 Å². The van der Waals surface area contributed by atoms with E-state index in [1.807, 2.05) is 13.8 Å². The summed E-state index contributed by atoms with van der Waals surface area (Å²) in [5.41, 5.74) is 0.747. The summed E-state index contributed by atoms with van der Waals surface area (Å²) in [5.74, 6) is 0.550. The number of hydrogen-bond donors (Lipinski definition) is 1. The van der Waals surface area contributed by atoms with Crippen molar-refractivity contribution in [2.75, 3.05) is 19.6 Å². The van der Waals surface area contributed by atoms with E-state index in [1.165, 1.54) is 5.56 Å². The monoisotopic (exact) mass is 348 g/mol. The first-order valence-corrected chi connectivity index (χ1v) is 9.28. The molecule has 1 N–H and O–H groups in total. The van der Waals surface area contributed by atoms with E-state index in [4.69, 9.17) is 4.65 Å². The minimum Gasteiger partial charge on any atom is -0.427 e. The van der Waals surface area contributed by atoms with Crippen LogP contribution in [0.2, 0.25) is 0 Å². The molecule has 1 aromatic rings. The number of benzene rings is 1. The molecule has 0 bridgehead atoms. The van der Waals surface area contributed by atoms with Gasteiger partial charge in [0.2, 0.25) is 0 Å². The Hall–Kier alpha value is -0.905. The topological polar surface area (TPSA) is 32.7 Å². The maximum absolute atomic E-state index is 13.1. The molecular weight excluding hydrogens is 316 g/mol. The summed E-state index contributed by atoms with van der Waals surface area (Å²) in [7, 11) is 1.72.